The highest BCUT2D eigenvalue weighted by Crippen LogP contribution is 2.26. The zero-order valence-corrected chi connectivity index (χ0v) is 11.9. The highest BCUT2D eigenvalue weighted by Gasteiger charge is 2.35. The molecule has 0 aromatic heterocycles. The first kappa shape index (κ1) is 13.5. The minimum absolute atomic E-state index is 0.0649. The van der Waals surface area contributed by atoms with Gasteiger partial charge in [-0.15, -0.1) is 0 Å². The van der Waals surface area contributed by atoms with Crippen LogP contribution in [0.4, 0.5) is 0 Å². The Morgan fingerprint density at radius 1 is 1.28 bits per heavy atom. The van der Waals surface area contributed by atoms with Gasteiger partial charge in [0.15, 0.2) is 0 Å². The van der Waals surface area contributed by atoms with E-state index in [9.17, 15) is 8.42 Å². The molecular weight excluding hydrogens is 248 g/mol. The zero-order chi connectivity index (χ0) is 13.5. The summed E-state index contributed by atoms with van der Waals surface area (Å²) in [6.45, 7) is 6.64. The number of aryl methyl sites for hydroxylation is 2. The number of hydrogen-bond donors (Lipinski definition) is 1. The molecule has 0 amide bonds. The molecule has 2 unspecified atom stereocenters. The minimum Gasteiger partial charge on any atom is -0.326 e. The molecule has 0 radical (unpaired) electrons. The summed E-state index contributed by atoms with van der Waals surface area (Å²) < 4.78 is 26.6. The average Bonchev–Trinajstić information content (AvgIpc) is 2.63. The fraction of sp³-hybridized carbons (Fsp3) is 0.538. The van der Waals surface area contributed by atoms with Crippen LogP contribution in [0, 0.1) is 19.8 Å². The van der Waals surface area contributed by atoms with Gasteiger partial charge in [-0.3, -0.25) is 0 Å². The molecule has 0 aliphatic carbocycles. The van der Waals surface area contributed by atoms with Gasteiger partial charge in [0.25, 0.3) is 0 Å². The van der Waals surface area contributed by atoms with Gasteiger partial charge in [0.05, 0.1) is 4.90 Å². The van der Waals surface area contributed by atoms with E-state index in [0.717, 1.165) is 11.1 Å². The second kappa shape index (κ2) is 4.64. The Bertz CT molecular complexity index is 544. The van der Waals surface area contributed by atoms with E-state index in [-0.39, 0.29) is 12.0 Å². The summed E-state index contributed by atoms with van der Waals surface area (Å²) in [4.78, 5) is 0.406. The van der Waals surface area contributed by atoms with Crippen LogP contribution in [0.25, 0.3) is 0 Å². The zero-order valence-electron chi connectivity index (χ0n) is 11.1. The van der Waals surface area contributed by atoms with Crippen molar-refractivity contribution in [2.24, 2.45) is 11.7 Å². The van der Waals surface area contributed by atoms with Crippen molar-refractivity contribution in [3.8, 4) is 0 Å². The summed E-state index contributed by atoms with van der Waals surface area (Å²) in [5, 5.41) is 0. The summed E-state index contributed by atoms with van der Waals surface area (Å²) in [5.41, 5.74) is 7.65. The third-order valence-electron chi connectivity index (χ3n) is 3.60. The Balaban J connectivity index is 2.40. The molecule has 5 heteroatoms. The van der Waals surface area contributed by atoms with Crippen molar-refractivity contribution in [1.29, 1.82) is 0 Å². The van der Waals surface area contributed by atoms with Crippen LogP contribution < -0.4 is 5.73 Å². The van der Waals surface area contributed by atoms with Crippen LogP contribution in [0.1, 0.15) is 18.1 Å². The standard InChI is InChI=1S/C13H20N2O2S/c1-9-4-5-10(2)13(6-9)18(16,17)15-7-11(3)12(14)8-15/h4-6,11-12H,7-8,14H2,1-3H3. The minimum atomic E-state index is -3.40. The first-order valence-electron chi connectivity index (χ1n) is 6.15. The van der Waals surface area contributed by atoms with Crippen molar-refractivity contribution in [1.82, 2.24) is 4.31 Å². The van der Waals surface area contributed by atoms with Gasteiger partial charge in [-0.25, -0.2) is 8.42 Å². The lowest BCUT2D eigenvalue weighted by atomic mass is 10.1. The van der Waals surface area contributed by atoms with Gasteiger partial charge in [-0.2, -0.15) is 4.31 Å². The predicted octanol–water partition coefficient (Wildman–Crippen LogP) is 1.27. The van der Waals surface area contributed by atoms with Gasteiger partial charge in [-0.1, -0.05) is 19.1 Å². The number of nitrogens with two attached hydrogens (primary N) is 1. The van der Waals surface area contributed by atoms with E-state index in [4.69, 9.17) is 5.73 Å². The van der Waals surface area contributed by atoms with Crippen LogP contribution in [-0.4, -0.2) is 31.9 Å². The molecule has 1 heterocycles. The Morgan fingerprint density at radius 2 is 1.94 bits per heavy atom. The topological polar surface area (TPSA) is 63.4 Å². The molecule has 1 aliphatic heterocycles. The van der Waals surface area contributed by atoms with E-state index < -0.39 is 10.0 Å². The number of hydrogen-bond acceptors (Lipinski definition) is 3. The SMILES string of the molecule is Cc1ccc(C)c(S(=O)(=O)N2CC(C)C(N)C2)c1. The Kier molecular flexibility index (Phi) is 3.49. The first-order chi connectivity index (χ1) is 8.32. The van der Waals surface area contributed by atoms with Gasteiger partial charge >= 0.3 is 0 Å². The molecule has 2 rings (SSSR count). The quantitative estimate of drug-likeness (QED) is 0.878. The molecule has 18 heavy (non-hydrogen) atoms. The van der Waals surface area contributed by atoms with Crippen molar-refractivity contribution >= 4 is 10.0 Å². The predicted molar refractivity (Wildman–Crippen MR) is 71.8 cm³/mol. The molecule has 2 N–H and O–H groups in total. The molecule has 1 aliphatic rings. The maximum Gasteiger partial charge on any atom is 0.243 e. The second-order valence-electron chi connectivity index (χ2n) is 5.23. The van der Waals surface area contributed by atoms with Gasteiger partial charge in [0.1, 0.15) is 0 Å². The van der Waals surface area contributed by atoms with E-state index in [1.165, 1.54) is 4.31 Å². The van der Waals surface area contributed by atoms with Crippen LogP contribution >= 0.6 is 0 Å². The first-order valence-corrected chi connectivity index (χ1v) is 7.59. The summed E-state index contributed by atoms with van der Waals surface area (Å²) in [5.74, 6) is 0.213. The maximum absolute atomic E-state index is 12.6. The lowest BCUT2D eigenvalue weighted by molar-refractivity contribution is 0.464. The lowest BCUT2D eigenvalue weighted by Gasteiger charge is -2.18. The average molecular weight is 268 g/mol. The van der Waals surface area contributed by atoms with Crippen molar-refractivity contribution < 1.29 is 8.42 Å². The van der Waals surface area contributed by atoms with E-state index in [1.807, 2.05) is 32.9 Å². The lowest BCUT2D eigenvalue weighted by Crippen LogP contribution is -2.32. The molecule has 1 saturated heterocycles. The number of benzene rings is 1. The van der Waals surface area contributed by atoms with Crippen molar-refractivity contribution in [3.05, 3.63) is 29.3 Å². The maximum atomic E-state index is 12.6. The Labute approximate surface area is 109 Å². The number of rotatable bonds is 2. The summed E-state index contributed by atoms with van der Waals surface area (Å²) in [7, 11) is -3.40. The molecule has 1 aromatic carbocycles. The van der Waals surface area contributed by atoms with Crippen LogP contribution in [0.5, 0.6) is 0 Å². The smallest absolute Gasteiger partial charge is 0.243 e. The van der Waals surface area contributed by atoms with E-state index in [2.05, 4.69) is 0 Å². The fourth-order valence-corrected chi connectivity index (χ4v) is 4.15. The molecule has 0 spiro atoms. The molecular formula is C13H20N2O2S. The molecule has 100 valence electrons. The highest BCUT2D eigenvalue weighted by molar-refractivity contribution is 7.89. The molecule has 2 atom stereocenters. The second-order valence-corrected chi connectivity index (χ2v) is 7.14. The number of nitrogens with zero attached hydrogens (tertiary/aromatic N) is 1. The van der Waals surface area contributed by atoms with Crippen LogP contribution in [0.3, 0.4) is 0 Å². The van der Waals surface area contributed by atoms with E-state index in [1.54, 1.807) is 6.07 Å². The number of sulfonamides is 1. The monoisotopic (exact) mass is 268 g/mol. The van der Waals surface area contributed by atoms with Gasteiger partial charge in [-0.05, 0) is 37.0 Å². The Hall–Kier alpha value is -0.910. The summed E-state index contributed by atoms with van der Waals surface area (Å²) >= 11 is 0. The van der Waals surface area contributed by atoms with Crippen LogP contribution in [0.2, 0.25) is 0 Å². The van der Waals surface area contributed by atoms with Crippen LogP contribution in [-0.2, 0) is 10.0 Å². The molecule has 1 fully saturated rings. The normalized spacial score (nSPS) is 25.6. The van der Waals surface area contributed by atoms with Gasteiger partial charge < -0.3 is 5.73 Å². The van der Waals surface area contributed by atoms with Gasteiger partial charge in [0, 0.05) is 19.1 Å². The third kappa shape index (κ3) is 2.30. The molecule has 4 nitrogen and oxygen atoms in total. The molecule has 0 saturated carbocycles. The van der Waals surface area contributed by atoms with Gasteiger partial charge in [0.2, 0.25) is 10.0 Å². The highest BCUT2D eigenvalue weighted by atomic mass is 32.2. The van der Waals surface area contributed by atoms with Crippen molar-refractivity contribution in [3.63, 3.8) is 0 Å². The largest absolute Gasteiger partial charge is 0.326 e. The summed E-state index contributed by atoms with van der Waals surface area (Å²) in [6, 6.07) is 5.44. The Morgan fingerprint density at radius 3 is 2.50 bits per heavy atom. The third-order valence-corrected chi connectivity index (χ3v) is 5.57. The fourth-order valence-electron chi connectivity index (χ4n) is 2.27. The molecule has 0 bridgehead atoms. The van der Waals surface area contributed by atoms with E-state index >= 15 is 0 Å². The van der Waals surface area contributed by atoms with E-state index in [0.29, 0.717) is 18.0 Å². The van der Waals surface area contributed by atoms with Crippen LogP contribution in [0.15, 0.2) is 23.1 Å². The van der Waals surface area contributed by atoms with Crippen molar-refractivity contribution in [2.75, 3.05) is 13.1 Å². The summed E-state index contributed by atoms with van der Waals surface area (Å²) in [6.07, 6.45) is 0. The van der Waals surface area contributed by atoms with Crippen molar-refractivity contribution in [2.45, 2.75) is 31.7 Å². The molecule has 1 aromatic rings.